The Morgan fingerprint density at radius 2 is 2.13 bits per heavy atom. The van der Waals surface area contributed by atoms with Gasteiger partial charge in [-0.15, -0.1) is 6.58 Å². The third-order valence-electron chi connectivity index (χ3n) is 8.64. The Hall–Kier alpha value is -1.81. The van der Waals surface area contributed by atoms with Crippen LogP contribution in [0.1, 0.15) is 52.4 Å². The average Bonchev–Trinajstić information content (AvgIpc) is 3.31. The highest BCUT2D eigenvalue weighted by molar-refractivity contribution is 5.83. The predicted octanol–water partition coefficient (Wildman–Crippen LogP) is 3.10. The van der Waals surface area contributed by atoms with E-state index in [2.05, 4.69) is 31.6 Å². The molecule has 2 saturated carbocycles. The van der Waals surface area contributed by atoms with Crippen molar-refractivity contribution < 1.29 is 28.8 Å². The van der Waals surface area contributed by atoms with Gasteiger partial charge < -0.3 is 24.1 Å². The first-order chi connectivity index (χ1) is 14.8. The van der Waals surface area contributed by atoms with Crippen LogP contribution in [0.3, 0.4) is 0 Å². The van der Waals surface area contributed by atoms with Crippen molar-refractivity contribution in [3.8, 4) is 12.0 Å². The van der Waals surface area contributed by atoms with E-state index < -0.39 is 16.8 Å². The molecule has 5 aliphatic rings. The van der Waals surface area contributed by atoms with E-state index in [1.807, 2.05) is 6.92 Å². The summed E-state index contributed by atoms with van der Waals surface area (Å²) in [6, 6.07) is 0. The van der Waals surface area contributed by atoms with Gasteiger partial charge in [-0.1, -0.05) is 24.6 Å². The number of hydrogen-bond donors (Lipinski definition) is 1. The van der Waals surface area contributed by atoms with Crippen molar-refractivity contribution in [2.24, 2.45) is 22.7 Å². The Morgan fingerprint density at radius 1 is 1.35 bits per heavy atom. The maximum Gasteiger partial charge on any atom is 0.316 e. The summed E-state index contributed by atoms with van der Waals surface area (Å²) in [7, 11) is 0. The van der Waals surface area contributed by atoms with Gasteiger partial charge in [0.25, 0.3) is 0 Å². The highest BCUT2D eigenvalue weighted by Crippen LogP contribution is 2.67. The molecule has 5 rings (SSSR count). The maximum atomic E-state index is 13.2. The van der Waals surface area contributed by atoms with Crippen LogP contribution in [0.5, 0.6) is 0 Å². The summed E-state index contributed by atoms with van der Waals surface area (Å²) in [4.78, 5) is 13.2. The number of ether oxygens (including phenoxy) is 4. The Bertz CT molecular complexity index is 876. The van der Waals surface area contributed by atoms with E-state index in [9.17, 15) is 9.90 Å². The molecule has 0 aromatic carbocycles. The molecule has 0 amide bonds. The topological polar surface area (TPSA) is 74.2 Å². The van der Waals surface area contributed by atoms with Crippen LogP contribution in [0.15, 0.2) is 24.3 Å². The number of fused-ring (bicyclic) bond motifs is 6. The average molecular weight is 429 g/mol. The first-order valence-electron chi connectivity index (χ1n) is 11.5. The molecule has 0 aromatic heterocycles. The van der Waals surface area contributed by atoms with E-state index in [4.69, 9.17) is 18.9 Å². The van der Waals surface area contributed by atoms with E-state index >= 15 is 0 Å². The predicted molar refractivity (Wildman–Crippen MR) is 112 cm³/mol. The number of aliphatic hydroxyl groups is 1. The first kappa shape index (κ1) is 21.1. The van der Waals surface area contributed by atoms with E-state index in [-0.39, 0.29) is 29.3 Å². The summed E-state index contributed by atoms with van der Waals surface area (Å²) in [6.45, 7) is 9.63. The lowest BCUT2D eigenvalue weighted by Crippen LogP contribution is -2.64. The number of rotatable bonds is 3. The summed E-state index contributed by atoms with van der Waals surface area (Å²) in [5.74, 6) is 1.88. The Kier molecular flexibility index (Phi) is 4.82. The lowest BCUT2D eigenvalue weighted by molar-refractivity contribution is -0.195. The molecule has 31 heavy (non-hydrogen) atoms. The summed E-state index contributed by atoms with van der Waals surface area (Å²) in [5, 5.41) is 12.2. The Morgan fingerprint density at radius 3 is 2.84 bits per heavy atom. The standard InChI is InChI=1S/C25H32O6/c1-4-8-23-16-19(31-21(23)26)20-18(25(23,27)11-12-28-5-2)7-6-17-15-24(29-13-14-30-24)10-9-22(17,20)3/h4,6,18-20,27H,1,5,7-10,13-16H2,2-3H3/t18-,19+,20-,22+,23+,25+/m1/s1. The molecule has 6 nitrogen and oxygen atoms in total. The van der Waals surface area contributed by atoms with Gasteiger partial charge in [0.15, 0.2) is 5.79 Å². The molecule has 4 fully saturated rings. The summed E-state index contributed by atoms with van der Waals surface area (Å²) in [6.07, 6.45) is 10.2. The highest BCUT2D eigenvalue weighted by atomic mass is 16.7. The minimum Gasteiger partial charge on any atom is -0.461 e. The van der Waals surface area contributed by atoms with Crippen LogP contribution < -0.4 is 0 Å². The molecule has 3 aliphatic carbocycles. The Labute approximate surface area is 183 Å². The molecular weight excluding hydrogens is 396 g/mol. The SMILES string of the molecule is C=CC[C@]12C[C@H](OC1=O)[C@H]1[C@@H](CC=C3CC4(CC[C@@]31C)OCCO4)[C@@]2(O)C#COCC. The third-order valence-corrected chi connectivity index (χ3v) is 8.64. The van der Waals surface area contributed by atoms with Gasteiger partial charge in [-0.3, -0.25) is 4.79 Å². The van der Waals surface area contributed by atoms with Crippen LogP contribution >= 0.6 is 0 Å². The molecule has 2 heterocycles. The summed E-state index contributed by atoms with van der Waals surface area (Å²) in [5.41, 5.74) is -1.55. The number of esters is 1. The minimum atomic E-state index is -1.54. The van der Waals surface area contributed by atoms with Crippen molar-refractivity contribution in [3.63, 3.8) is 0 Å². The number of carbonyl (C=O) groups excluding carboxylic acids is 1. The third kappa shape index (κ3) is 2.73. The lowest BCUT2D eigenvalue weighted by atomic mass is 9.45. The van der Waals surface area contributed by atoms with Gasteiger partial charge in [0.05, 0.1) is 19.8 Å². The molecule has 2 bridgehead atoms. The van der Waals surface area contributed by atoms with Crippen molar-refractivity contribution in [1.29, 1.82) is 0 Å². The van der Waals surface area contributed by atoms with E-state index in [0.29, 0.717) is 39.1 Å². The molecule has 6 heteroatoms. The molecule has 0 aromatic rings. The van der Waals surface area contributed by atoms with E-state index in [1.165, 1.54) is 5.57 Å². The van der Waals surface area contributed by atoms with Crippen LogP contribution in [-0.4, -0.2) is 48.4 Å². The van der Waals surface area contributed by atoms with Crippen molar-refractivity contribution in [2.75, 3.05) is 19.8 Å². The zero-order chi connectivity index (χ0) is 21.9. The van der Waals surface area contributed by atoms with Gasteiger partial charge >= 0.3 is 5.97 Å². The van der Waals surface area contributed by atoms with Crippen molar-refractivity contribution in [3.05, 3.63) is 24.3 Å². The number of carbonyl (C=O) groups is 1. The lowest BCUT2D eigenvalue weighted by Gasteiger charge is -2.59. The van der Waals surface area contributed by atoms with Gasteiger partial charge in [0.2, 0.25) is 0 Å². The van der Waals surface area contributed by atoms with Crippen LogP contribution in [-0.2, 0) is 23.7 Å². The van der Waals surface area contributed by atoms with Crippen molar-refractivity contribution in [1.82, 2.24) is 0 Å². The van der Waals surface area contributed by atoms with Crippen molar-refractivity contribution in [2.45, 2.75) is 69.9 Å². The molecule has 0 radical (unpaired) electrons. The fraction of sp³-hybridized carbons (Fsp3) is 0.720. The molecule has 6 atom stereocenters. The van der Waals surface area contributed by atoms with Crippen LogP contribution in [0.25, 0.3) is 0 Å². The zero-order valence-corrected chi connectivity index (χ0v) is 18.4. The highest BCUT2D eigenvalue weighted by Gasteiger charge is 2.73. The number of hydrogen-bond acceptors (Lipinski definition) is 6. The van der Waals surface area contributed by atoms with E-state index in [0.717, 1.165) is 19.3 Å². The zero-order valence-electron chi connectivity index (χ0n) is 18.4. The molecule has 168 valence electrons. The monoisotopic (exact) mass is 428 g/mol. The van der Waals surface area contributed by atoms with Gasteiger partial charge in [0, 0.05) is 31.1 Å². The molecule has 1 N–H and O–H groups in total. The van der Waals surface area contributed by atoms with Crippen molar-refractivity contribution >= 4 is 5.97 Å². The molecule has 0 unspecified atom stereocenters. The second-order valence-electron chi connectivity index (χ2n) is 9.95. The fourth-order valence-electron chi connectivity index (χ4n) is 7.13. The van der Waals surface area contributed by atoms with Gasteiger partial charge in [-0.2, -0.15) is 0 Å². The van der Waals surface area contributed by atoms with Gasteiger partial charge in [0.1, 0.15) is 23.2 Å². The summed E-state index contributed by atoms with van der Waals surface area (Å²) >= 11 is 0. The smallest absolute Gasteiger partial charge is 0.316 e. The molecule has 1 spiro atoms. The number of allylic oxidation sites excluding steroid dienone is 2. The molecule has 2 aliphatic heterocycles. The largest absolute Gasteiger partial charge is 0.461 e. The summed E-state index contributed by atoms with van der Waals surface area (Å²) < 4.78 is 23.3. The fourth-order valence-corrected chi connectivity index (χ4v) is 7.13. The van der Waals surface area contributed by atoms with Crippen LogP contribution in [0.2, 0.25) is 0 Å². The maximum absolute atomic E-state index is 13.2. The van der Waals surface area contributed by atoms with E-state index in [1.54, 1.807) is 6.08 Å². The minimum absolute atomic E-state index is 0.0171. The second kappa shape index (κ2) is 7.10. The van der Waals surface area contributed by atoms with Gasteiger partial charge in [-0.25, -0.2) is 0 Å². The van der Waals surface area contributed by atoms with Crippen LogP contribution in [0.4, 0.5) is 0 Å². The second-order valence-corrected chi connectivity index (χ2v) is 9.95. The molecule has 2 saturated heterocycles. The normalized spacial score (nSPS) is 44.4. The first-order valence-corrected chi connectivity index (χ1v) is 11.5. The quantitative estimate of drug-likeness (QED) is 0.423. The van der Waals surface area contributed by atoms with Gasteiger partial charge in [-0.05, 0) is 37.5 Å². The Balaban J connectivity index is 1.59. The van der Waals surface area contributed by atoms with Crippen LogP contribution in [0, 0.1) is 34.7 Å². The molecular formula is C25H32O6.